The van der Waals surface area contributed by atoms with E-state index in [2.05, 4.69) is 46.2 Å². The van der Waals surface area contributed by atoms with E-state index < -0.39 is 0 Å². The summed E-state index contributed by atoms with van der Waals surface area (Å²) in [6.07, 6.45) is 2.29. The maximum Gasteiger partial charge on any atom is 0.226 e. The van der Waals surface area contributed by atoms with Crippen molar-refractivity contribution in [2.45, 2.75) is 32.7 Å². The van der Waals surface area contributed by atoms with Crippen molar-refractivity contribution in [2.24, 2.45) is 0 Å². The quantitative estimate of drug-likeness (QED) is 0.823. The monoisotopic (exact) mass is 253 g/mol. The fourth-order valence-corrected chi connectivity index (χ4v) is 2.94. The molecule has 1 aromatic heterocycles. The highest BCUT2D eigenvalue weighted by atomic mass is 15.3. The van der Waals surface area contributed by atoms with Gasteiger partial charge >= 0.3 is 0 Å². The Morgan fingerprint density at radius 2 is 1.79 bits per heavy atom. The summed E-state index contributed by atoms with van der Waals surface area (Å²) in [5.74, 6) is 0.833. The second kappa shape index (κ2) is 4.65. The van der Waals surface area contributed by atoms with E-state index in [4.69, 9.17) is 0 Å². The van der Waals surface area contributed by atoms with Crippen LogP contribution in [0, 0.1) is 13.8 Å². The van der Waals surface area contributed by atoms with E-state index in [1.165, 1.54) is 11.1 Å². The summed E-state index contributed by atoms with van der Waals surface area (Å²) in [6.45, 7) is 4.04. The third-order valence-corrected chi connectivity index (χ3v) is 3.85. The first-order valence-corrected chi connectivity index (χ1v) is 6.78. The Bertz CT molecular complexity index is 586. The summed E-state index contributed by atoms with van der Waals surface area (Å²) >= 11 is 0. The summed E-state index contributed by atoms with van der Waals surface area (Å²) < 4.78 is 0. The molecule has 98 valence electrons. The molecule has 1 unspecified atom stereocenters. The summed E-state index contributed by atoms with van der Waals surface area (Å²) in [6, 6.07) is 11.1. The Balaban J connectivity index is 1.95. The van der Waals surface area contributed by atoms with Gasteiger partial charge in [0.15, 0.2) is 0 Å². The van der Waals surface area contributed by atoms with Crippen LogP contribution in [0.2, 0.25) is 0 Å². The molecule has 2 aromatic rings. The molecule has 3 rings (SSSR count). The van der Waals surface area contributed by atoms with Crippen molar-refractivity contribution in [1.82, 2.24) is 9.97 Å². The molecule has 1 aliphatic carbocycles. The number of hydrogen-bond donors (Lipinski definition) is 0. The van der Waals surface area contributed by atoms with Gasteiger partial charge in [-0.1, -0.05) is 24.3 Å². The number of rotatable bonds is 2. The normalized spacial score (nSPS) is 17.3. The fourth-order valence-electron chi connectivity index (χ4n) is 2.94. The van der Waals surface area contributed by atoms with Crippen molar-refractivity contribution in [2.75, 3.05) is 11.9 Å². The highest BCUT2D eigenvalue weighted by Crippen LogP contribution is 2.36. The number of benzene rings is 1. The number of nitrogens with zero attached hydrogens (tertiary/aromatic N) is 3. The maximum absolute atomic E-state index is 4.57. The Morgan fingerprint density at radius 3 is 2.53 bits per heavy atom. The molecule has 3 heteroatoms. The molecule has 0 spiro atoms. The topological polar surface area (TPSA) is 29.0 Å². The molecule has 1 heterocycles. The molecule has 1 atom stereocenters. The van der Waals surface area contributed by atoms with Gasteiger partial charge < -0.3 is 4.90 Å². The van der Waals surface area contributed by atoms with Crippen LogP contribution in [-0.2, 0) is 6.42 Å². The molecular weight excluding hydrogens is 234 g/mol. The summed E-state index contributed by atoms with van der Waals surface area (Å²) in [5, 5.41) is 0. The predicted molar refractivity (Wildman–Crippen MR) is 77.4 cm³/mol. The number of aromatic nitrogens is 2. The summed E-state index contributed by atoms with van der Waals surface area (Å²) in [7, 11) is 2.10. The first-order chi connectivity index (χ1) is 9.15. The second-order valence-corrected chi connectivity index (χ2v) is 5.31. The first-order valence-electron chi connectivity index (χ1n) is 6.78. The van der Waals surface area contributed by atoms with Crippen LogP contribution in [0.4, 0.5) is 5.95 Å². The number of hydrogen-bond acceptors (Lipinski definition) is 3. The molecule has 0 bridgehead atoms. The van der Waals surface area contributed by atoms with Crippen LogP contribution < -0.4 is 4.90 Å². The van der Waals surface area contributed by atoms with Crippen molar-refractivity contribution < 1.29 is 0 Å². The second-order valence-electron chi connectivity index (χ2n) is 5.31. The van der Waals surface area contributed by atoms with E-state index in [-0.39, 0.29) is 0 Å². The zero-order valence-electron chi connectivity index (χ0n) is 11.7. The molecule has 19 heavy (non-hydrogen) atoms. The predicted octanol–water partition coefficient (Wildman–Crippen LogP) is 3.22. The van der Waals surface area contributed by atoms with E-state index in [1.54, 1.807) is 0 Å². The third kappa shape index (κ3) is 2.21. The molecule has 3 nitrogen and oxygen atoms in total. The SMILES string of the molecule is Cc1cc(C)nc(N(C)C2CCc3ccccc32)n1. The minimum Gasteiger partial charge on any atom is -0.337 e. The van der Waals surface area contributed by atoms with Crippen LogP contribution in [0.15, 0.2) is 30.3 Å². The van der Waals surface area contributed by atoms with Crippen molar-refractivity contribution in [3.8, 4) is 0 Å². The average molecular weight is 253 g/mol. The highest BCUT2D eigenvalue weighted by molar-refractivity contribution is 5.43. The Morgan fingerprint density at radius 1 is 1.11 bits per heavy atom. The Hall–Kier alpha value is -1.90. The average Bonchev–Trinajstić information content (AvgIpc) is 2.80. The van der Waals surface area contributed by atoms with Crippen molar-refractivity contribution in [3.63, 3.8) is 0 Å². The zero-order chi connectivity index (χ0) is 13.4. The van der Waals surface area contributed by atoms with Crippen LogP contribution in [0.5, 0.6) is 0 Å². The van der Waals surface area contributed by atoms with E-state index >= 15 is 0 Å². The van der Waals surface area contributed by atoms with E-state index in [1.807, 2.05) is 19.9 Å². The number of anilines is 1. The minimum absolute atomic E-state index is 0.400. The molecule has 0 aliphatic heterocycles. The van der Waals surface area contributed by atoms with Gasteiger partial charge in [0, 0.05) is 18.4 Å². The van der Waals surface area contributed by atoms with E-state index in [0.717, 1.165) is 30.2 Å². The Kier molecular flexibility index (Phi) is 2.97. The first kappa shape index (κ1) is 12.2. The van der Waals surface area contributed by atoms with Gasteiger partial charge in [0.2, 0.25) is 5.95 Å². The lowest BCUT2D eigenvalue weighted by molar-refractivity contribution is 0.644. The van der Waals surface area contributed by atoms with Gasteiger partial charge in [0.05, 0.1) is 6.04 Å². The van der Waals surface area contributed by atoms with Crippen molar-refractivity contribution in [3.05, 3.63) is 52.8 Å². The van der Waals surface area contributed by atoms with Gasteiger partial charge in [-0.2, -0.15) is 0 Å². The minimum atomic E-state index is 0.400. The molecule has 0 saturated heterocycles. The maximum atomic E-state index is 4.57. The van der Waals surface area contributed by atoms with Crippen LogP contribution in [-0.4, -0.2) is 17.0 Å². The number of fused-ring (bicyclic) bond motifs is 1. The molecule has 1 aliphatic rings. The number of aryl methyl sites for hydroxylation is 3. The largest absolute Gasteiger partial charge is 0.337 e. The van der Waals surface area contributed by atoms with Crippen molar-refractivity contribution >= 4 is 5.95 Å². The summed E-state index contributed by atoms with van der Waals surface area (Å²) in [5.41, 5.74) is 4.94. The van der Waals surface area contributed by atoms with Gasteiger partial charge in [-0.3, -0.25) is 0 Å². The van der Waals surface area contributed by atoms with Gasteiger partial charge in [-0.25, -0.2) is 9.97 Å². The molecule has 0 radical (unpaired) electrons. The van der Waals surface area contributed by atoms with Crippen LogP contribution >= 0.6 is 0 Å². The van der Waals surface area contributed by atoms with Crippen LogP contribution in [0.3, 0.4) is 0 Å². The molecule has 0 N–H and O–H groups in total. The van der Waals surface area contributed by atoms with Crippen molar-refractivity contribution in [1.29, 1.82) is 0 Å². The van der Waals surface area contributed by atoms with Gasteiger partial charge in [0.25, 0.3) is 0 Å². The molecule has 0 amide bonds. The van der Waals surface area contributed by atoms with Gasteiger partial charge in [0.1, 0.15) is 0 Å². The van der Waals surface area contributed by atoms with Crippen LogP contribution in [0.25, 0.3) is 0 Å². The third-order valence-electron chi connectivity index (χ3n) is 3.85. The van der Waals surface area contributed by atoms with E-state index in [0.29, 0.717) is 6.04 Å². The zero-order valence-corrected chi connectivity index (χ0v) is 11.7. The smallest absolute Gasteiger partial charge is 0.226 e. The summed E-state index contributed by atoms with van der Waals surface area (Å²) in [4.78, 5) is 11.3. The Labute approximate surface area is 114 Å². The molecule has 0 fully saturated rings. The molecular formula is C16H19N3. The lowest BCUT2D eigenvalue weighted by atomic mass is 10.1. The lowest BCUT2D eigenvalue weighted by Gasteiger charge is -2.25. The van der Waals surface area contributed by atoms with Gasteiger partial charge in [-0.15, -0.1) is 0 Å². The fraction of sp³-hybridized carbons (Fsp3) is 0.375. The molecule has 0 saturated carbocycles. The standard InChI is InChI=1S/C16H19N3/c1-11-10-12(2)18-16(17-11)19(3)15-9-8-13-6-4-5-7-14(13)15/h4-7,10,15H,8-9H2,1-3H3. The molecule has 1 aromatic carbocycles. The highest BCUT2D eigenvalue weighted by Gasteiger charge is 2.26. The van der Waals surface area contributed by atoms with E-state index in [9.17, 15) is 0 Å². The van der Waals surface area contributed by atoms with Crippen LogP contribution in [0.1, 0.15) is 35.0 Å². The van der Waals surface area contributed by atoms with Gasteiger partial charge in [-0.05, 0) is 43.9 Å². The lowest BCUT2D eigenvalue weighted by Crippen LogP contribution is -2.24.